The van der Waals surface area contributed by atoms with Crippen molar-refractivity contribution in [2.75, 3.05) is 19.8 Å². The number of hydrogen-bond donors (Lipinski definition) is 1. The van der Waals surface area contributed by atoms with E-state index in [0.717, 1.165) is 12.0 Å². The average molecular weight is 363 g/mol. The molecule has 7 heteroatoms. The summed E-state index contributed by atoms with van der Waals surface area (Å²) in [6.07, 6.45) is 0.781. The normalized spacial score (nSPS) is 12.3. The highest BCUT2D eigenvalue weighted by atomic mass is 32.2. The third-order valence-electron chi connectivity index (χ3n) is 3.81. The number of benzene rings is 1. The number of fused-ring (bicyclic) bond motifs is 1. The molecule has 0 spiro atoms. The maximum absolute atomic E-state index is 12.5. The van der Waals surface area contributed by atoms with Crippen LogP contribution in [-0.4, -0.2) is 40.5 Å². The maximum Gasteiger partial charge on any atom is 0.261 e. The van der Waals surface area contributed by atoms with Crippen molar-refractivity contribution >= 4 is 28.6 Å². The van der Waals surface area contributed by atoms with Crippen LogP contribution < -0.4 is 10.9 Å². The molecule has 0 bridgehead atoms. The molecule has 1 atom stereocenters. The number of amides is 1. The Hall–Kier alpha value is -1.86. The zero-order chi connectivity index (χ0) is 18.4. The van der Waals surface area contributed by atoms with E-state index in [4.69, 9.17) is 4.74 Å². The zero-order valence-corrected chi connectivity index (χ0v) is 16.0. The number of thioether (sulfide) groups is 1. The quantitative estimate of drug-likeness (QED) is 0.442. The molecule has 0 aliphatic heterocycles. The number of aryl methyl sites for hydroxylation is 1. The summed E-state index contributed by atoms with van der Waals surface area (Å²) in [5.41, 5.74) is 1.58. The number of hydrogen-bond acceptors (Lipinski definition) is 5. The van der Waals surface area contributed by atoms with Gasteiger partial charge in [0.2, 0.25) is 5.91 Å². The second-order valence-corrected chi connectivity index (χ2v) is 7.19. The lowest BCUT2D eigenvalue weighted by atomic mass is 10.2. The van der Waals surface area contributed by atoms with Crippen LogP contribution in [0, 0.1) is 6.92 Å². The van der Waals surface area contributed by atoms with Crippen molar-refractivity contribution in [1.29, 1.82) is 0 Å². The van der Waals surface area contributed by atoms with Crippen molar-refractivity contribution < 1.29 is 9.53 Å². The first kappa shape index (κ1) is 19.5. The predicted octanol–water partition coefficient (Wildman–Crippen LogP) is 2.27. The minimum Gasteiger partial charge on any atom is -0.382 e. The largest absolute Gasteiger partial charge is 0.382 e. The van der Waals surface area contributed by atoms with Gasteiger partial charge in [0.15, 0.2) is 5.16 Å². The molecule has 0 saturated carbocycles. The first-order chi connectivity index (χ1) is 11.9. The molecular formula is C18H25N3O3S. The van der Waals surface area contributed by atoms with E-state index in [-0.39, 0.29) is 16.7 Å². The summed E-state index contributed by atoms with van der Waals surface area (Å²) in [5, 5.41) is 3.68. The fourth-order valence-corrected chi connectivity index (χ4v) is 3.25. The van der Waals surface area contributed by atoms with Crippen molar-refractivity contribution in [3.63, 3.8) is 0 Å². The third kappa shape index (κ3) is 5.06. The number of ether oxygens (including phenoxy) is 1. The Morgan fingerprint density at radius 3 is 2.92 bits per heavy atom. The van der Waals surface area contributed by atoms with Gasteiger partial charge in [-0.25, -0.2) is 4.98 Å². The molecule has 1 unspecified atom stereocenters. The molecule has 136 valence electrons. The van der Waals surface area contributed by atoms with Gasteiger partial charge in [-0.15, -0.1) is 0 Å². The van der Waals surface area contributed by atoms with Gasteiger partial charge >= 0.3 is 0 Å². The molecule has 0 fully saturated rings. The summed E-state index contributed by atoms with van der Waals surface area (Å²) in [4.78, 5) is 29.3. The molecule has 1 heterocycles. The Morgan fingerprint density at radius 2 is 2.20 bits per heavy atom. The number of carbonyl (C=O) groups is 1. The van der Waals surface area contributed by atoms with Gasteiger partial charge in [0.1, 0.15) is 0 Å². The molecule has 0 saturated heterocycles. The van der Waals surface area contributed by atoms with Crippen molar-refractivity contribution in [2.24, 2.45) is 7.05 Å². The fraction of sp³-hybridized carbons (Fsp3) is 0.500. The van der Waals surface area contributed by atoms with E-state index in [2.05, 4.69) is 10.3 Å². The lowest BCUT2D eigenvalue weighted by molar-refractivity contribution is -0.120. The van der Waals surface area contributed by atoms with E-state index in [0.29, 0.717) is 35.8 Å². The molecule has 6 nitrogen and oxygen atoms in total. The van der Waals surface area contributed by atoms with Gasteiger partial charge in [0.25, 0.3) is 5.56 Å². The maximum atomic E-state index is 12.5. The Bertz CT molecular complexity index is 804. The van der Waals surface area contributed by atoms with Crippen LogP contribution in [0.2, 0.25) is 0 Å². The molecule has 1 amide bonds. The summed E-state index contributed by atoms with van der Waals surface area (Å²) >= 11 is 1.29. The van der Waals surface area contributed by atoms with Crippen molar-refractivity contribution in [1.82, 2.24) is 14.9 Å². The number of carbonyl (C=O) groups excluding carboxylic acids is 1. The lowest BCUT2D eigenvalue weighted by Crippen LogP contribution is -2.32. The van der Waals surface area contributed by atoms with Gasteiger partial charge in [0, 0.05) is 26.8 Å². The smallest absolute Gasteiger partial charge is 0.261 e. The molecule has 25 heavy (non-hydrogen) atoms. The summed E-state index contributed by atoms with van der Waals surface area (Å²) < 4.78 is 6.75. The predicted molar refractivity (Wildman–Crippen MR) is 101 cm³/mol. The van der Waals surface area contributed by atoms with Gasteiger partial charge in [-0.05, 0) is 39.3 Å². The summed E-state index contributed by atoms with van der Waals surface area (Å²) in [5.74, 6) is -0.0697. The van der Waals surface area contributed by atoms with Crippen molar-refractivity contribution in [2.45, 2.75) is 37.6 Å². The highest BCUT2D eigenvalue weighted by Crippen LogP contribution is 2.22. The molecular weight excluding hydrogens is 338 g/mol. The van der Waals surface area contributed by atoms with Gasteiger partial charge in [-0.3, -0.25) is 14.2 Å². The highest BCUT2D eigenvalue weighted by molar-refractivity contribution is 8.00. The summed E-state index contributed by atoms with van der Waals surface area (Å²) in [6.45, 7) is 7.60. The minimum absolute atomic E-state index is 0.0697. The number of aromatic nitrogens is 2. The Labute approximate surface area is 152 Å². The fourth-order valence-electron chi connectivity index (χ4n) is 2.36. The zero-order valence-electron chi connectivity index (χ0n) is 15.2. The minimum atomic E-state index is -0.340. The summed E-state index contributed by atoms with van der Waals surface area (Å²) in [7, 11) is 1.69. The Morgan fingerprint density at radius 1 is 1.44 bits per heavy atom. The average Bonchev–Trinajstić information content (AvgIpc) is 2.59. The van der Waals surface area contributed by atoms with E-state index < -0.39 is 0 Å². The molecule has 0 aliphatic carbocycles. The molecule has 0 aliphatic rings. The second kappa shape index (κ2) is 9.01. The number of nitrogens with zero attached hydrogens (tertiary/aromatic N) is 2. The van der Waals surface area contributed by atoms with E-state index in [1.165, 1.54) is 16.3 Å². The third-order valence-corrected chi connectivity index (χ3v) is 4.95. The van der Waals surface area contributed by atoms with Crippen LogP contribution >= 0.6 is 11.8 Å². The monoisotopic (exact) mass is 363 g/mol. The molecule has 1 aromatic heterocycles. The van der Waals surface area contributed by atoms with Gasteiger partial charge < -0.3 is 10.1 Å². The lowest BCUT2D eigenvalue weighted by Gasteiger charge is -2.14. The van der Waals surface area contributed by atoms with Crippen LogP contribution in [0.15, 0.2) is 28.2 Å². The van der Waals surface area contributed by atoms with Crippen LogP contribution in [0.3, 0.4) is 0 Å². The van der Waals surface area contributed by atoms with Gasteiger partial charge in [0.05, 0.1) is 16.2 Å². The van der Waals surface area contributed by atoms with Gasteiger partial charge in [-0.1, -0.05) is 23.4 Å². The van der Waals surface area contributed by atoms with Crippen LogP contribution in [0.25, 0.3) is 10.9 Å². The Kier molecular flexibility index (Phi) is 7.01. The number of nitrogens with one attached hydrogen (secondary N) is 1. The molecule has 2 aromatic rings. The first-order valence-electron chi connectivity index (χ1n) is 8.43. The van der Waals surface area contributed by atoms with Crippen LogP contribution in [-0.2, 0) is 16.6 Å². The Balaban J connectivity index is 2.06. The van der Waals surface area contributed by atoms with E-state index in [1.54, 1.807) is 7.05 Å². The summed E-state index contributed by atoms with van der Waals surface area (Å²) in [6, 6.07) is 5.61. The standard InChI is InChI=1S/C18H25N3O3S/c1-5-24-10-6-9-19-16(22)13(3)25-18-20-15-8-7-12(2)11-14(15)17(23)21(18)4/h7-8,11,13H,5-6,9-10H2,1-4H3,(H,19,22). The van der Waals surface area contributed by atoms with Crippen LogP contribution in [0.5, 0.6) is 0 Å². The SMILES string of the molecule is CCOCCCNC(=O)C(C)Sc1nc2ccc(C)cc2c(=O)n1C. The van der Waals surface area contributed by atoms with Gasteiger partial charge in [-0.2, -0.15) is 0 Å². The van der Waals surface area contributed by atoms with Crippen molar-refractivity contribution in [3.05, 3.63) is 34.1 Å². The van der Waals surface area contributed by atoms with E-state index in [1.807, 2.05) is 39.0 Å². The molecule has 1 N–H and O–H groups in total. The van der Waals surface area contributed by atoms with Crippen LogP contribution in [0.1, 0.15) is 25.8 Å². The molecule has 0 radical (unpaired) electrons. The number of rotatable bonds is 8. The van der Waals surface area contributed by atoms with E-state index >= 15 is 0 Å². The molecule has 1 aromatic carbocycles. The van der Waals surface area contributed by atoms with E-state index in [9.17, 15) is 9.59 Å². The van der Waals surface area contributed by atoms with Crippen LogP contribution in [0.4, 0.5) is 0 Å². The topological polar surface area (TPSA) is 73.2 Å². The molecule has 2 rings (SSSR count). The van der Waals surface area contributed by atoms with Crippen molar-refractivity contribution in [3.8, 4) is 0 Å². The highest BCUT2D eigenvalue weighted by Gasteiger charge is 2.18. The first-order valence-corrected chi connectivity index (χ1v) is 9.31. The second-order valence-electron chi connectivity index (χ2n) is 5.88.